The lowest BCUT2D eigenvalue weighted by Gasteiger charge is -2.38. The maximum atomic E-state index is 6.47. The summed E-state index contributed by atoms with van der Waals surface area (Å²) in [5.74, 6) is 0. The highest BCUT2D eigenvalue weighted by atomic mass is 16.5. The zero-order valence-corrected chi connectivity index (χ0v) is 38.9. The van der Waals surface area contributed by atoms with E-state index in [0.29, 0.717) is 47.5 Å². The maximum absolute atomic E-state index is 6.47. The highest BCUT2D eigenvalue weighted by Crippen LogP contribution is 2.41. The van der Waals surface area contributed by atoms with Crippen LogP contribution < -0.4 is 0 Å². The second kappa shape index (κ2) is 19.8. The van der Waals surface area contributed by atoms with Gasteiger partial charge in [0.1, 0.15) is 0 Å². The fourth-order valence-electron chi connectivity index (χ4n) is 8.25. The monoisotopic (exact) mass is 757 g/mol. The molecule has 0 saturated carbocycles. The van der Waals surface area contributed by atoms with Crippen LogP contribution in [-0.4, -0.2) is 48.8 Å². The highest BCUT2D eigenvalue weighted by molar-refractivity contribution is 5.05. The van der Waals surface area contributed by atoms with Crippen LogP contribution in [0.5, 0.6) is 0 Å². The van der Waals surface area contributed by atoms with Crippen molar-refractivity contribution in [3.05, 3.63) is 24.3 Å². The number of hydrogen-bond donors (Lipinski definition) is 0. The Hall–Kier alpha value is -0.680. The van der Waals surface area contributed by atoms with Crippen LogP contribution in [0.25, 0.3) is 0 Å². The molecule has 54 heavy (non-hydrogen) atoms. The summed E-state index contributed by atoms with van der Waals surface area (Å²) in [4.78, 5) is 0. The van der Waals surface area contributed by atoms with Crippen LogP contribution in [0.3, 0.4) is 0 Å². The lowest BCUT2D eigenvalue weighted by Crippen LogP contribution is -2.36. The minimum absolute atomic E-state index is 0.177. The van der Waals surface area contributed by atoms with Gasteiger partial charge >= 0.3 is 0 Å². The summed E-state index contributed by atoms with van der Waals surface area (Å²) < 4.78 is 25.9. The summed E-state index contributed by atoms with van der Waals surface area (Å²) in [5.41, 5.74) is 1.57. The standard InChI is InChI=1S/2C25H46O2/c2*1-23(2,3)18-22-14-10-13-21(27-22)17-20-12-9-11-19(26-20)15-16-25(7,8)24(4,5)6/h2*15-16,19-22H,9-14,17-18H2,1-8H3/b2*16-15+. The fourth-order valence-corrected chi connectivity index (χ4v) is 8.25. The molecule has 4 nitrogen and oxygen atoms in total. The van der Waals surface area contributed by atoms with Crippen molar-refractivity contribution >= 4 is 0 Å². The summed E-state index contributed by atoms with van der Waals surface area (Å²) in [7, 11) is 0. The second-order valence-electron chi connectivity index (χ2n) is 23.7. The molecule has 0 N–H and O–H groups in total. The molecule has 4 heterocycles. The van der Waals surface area contributed by atoms with E-state index in [9.17, 15) is 0 Å². The zero-order valence-electron chi connectivity index (χ0n) is 38.9. The summed E-state index contributed by atoms with van der Waals surface area (Å²) >= 11 is 0. The normalized spacial score (nSPS) is 31.4. The van der Waals surface area contributed by atoms with Crippen molar-refractivity contribution < 1.29 is 18.9 Å². The van der Waals surface area contributed by atoms with Crippen molar-refractivity contribution in [2.24, 2.45) is 32.5 Å². The van der Waals surface area contributed by atoms with E-state index in [1.165, 1.54) is 77.0 Å². The van der Waals surface area contributed by atoms with Gasteiger partial charge in [0.2, 0.25) is 0 Å². The Morgan fingerprint density at radius 1 is 0.370 bits per heavy atom. The Bertz CT molecular complexity index is 1050. The van der Waals surface area contributed by atoms with E-state index in [-0.39, 0.29) is 33.9 Å². The largest absolute Gasteiger partial charge is 0.375 e. The summed E-state index contributed by atoms with van der Waals surface area (Å²) in [6, 6.07) is 0. The first-order valence-electron chi connectivity index (χ1n) is 22.7. The molecule has 4 aliphatic rings. The first-order chi connectivity index (χ1) is 24.7. The smallest absolute Gasteiger partial charge is 0.0759 e. The van der Waals surface area contributed by atoms with Crippen molar-refractivity contribution in [3.8, 4) is 0 Å². The Labute approximate surface area is 337 Å². The van der Waals surface area contributed by atoms with Crippen LogP contribution in [0.2, 0.25) is 0 Å². The minimum Gasteiger partial charge on any atom is -0.375 e. The average molecular weight is 757 g/mol. The number of allylic oxidation sites excluding steroid dienone is 2. The average Bonchev–Trinajstić information content (AvgIpc) is 3.01. The molecule has 0 aromatic rings. The molecule has 8 atom stereocenters. The quantitative estimate of drug-likeness (QED) is 0.208. The third-order valence-corrected chi connectivity index (χ3v) is 13.7. The number of ether oxygens (including phenoxy) is 4. The molecule has 316 valence electrons. The molecule has 4 fully saturated rings. The van der Waals surface area contributed by atoms with E-state index in [0.717, 1.165) is 25.7 Å². The molecular weight excluding hydrogens is 665 g/mol. The first-order valence-corrected chi connectivity index (χ1v) is 22.7. The molecule has 0 aliphatic carbocycles. The predicted octanol–water partition coefficient (Wildman–Crippen LogP) is 14.6. The molecule has 0 spiro atoms. The van der Waals surface area contributed by atoms with Gasteiger partial charge in [0.25, 0.3) is 0 Å². The molecule has 0 radical (unpaired) electrons. The third kappa shape index (κ3) is 17.0. The Morgan fingerprint density at radius 3 is 0.944 bits per heavy atom. The van der Waals surface area contributed by atoms with Crippen LogP contribution in [0, 0.1) is 32.5 Å². The van der Waals surface area contributed by atoms with E-state index in [4.69, 9.17) is 18.9 Å². The lowest BCUT2D eigenvalue weighted by atomic mass is 9.69. The molecular formula is C50H92O4. The van der Waals surface area contributed by atoms with Crippen molar-refractivity contribution in [2.45, 2.75) is 262 Å². The third-order valence-electron chi connectivity index (χ3n) is 13.7. The Morgan fingerprint density at radius 2 is 0.648 bits per heavy atom. The van der Waals surface area contributed by atoms with Crippen LogP contribution in [0.15, 0.2) is 24.3 Å². The van der Waals surface area contributed by atoms with Crippen molar-refractivity contribution in [2.75, 3.05) is 0 Å². The molecule has 4 heteroatoms. The van der Waals surface area contributed by atoms with E-state index >= 15 is 0 Å². The van der Waals surface area contributed by atoms with Gasteiger partial charge in [0, 0.05) is 0 Å². The first kappa shape index (κ1) is 47.7. The van der Waals surface area contributed by atoms with Gasteiger partial charge in [-0.25, -0.2) is 0 Å². The van der Waals surface area contributed by atoms with Crippen LogP contribution in [0.1, 0.15) is 214 Å². The van der Waals surface area contributed by atoms with Crippen LogP contribution in [0.4, 0.5) is 0 Å². The fraction of sp³-hybridized carbons (Fsp3) is 0.920. The minimum atomic E-state index is 0.177. The summed E-state index contributed by atoms with van der Waals surface area (Å²) in [5, 5.41) is 0. The van der Waals surface area contributed by atoms with Gasteiger partial charge in [-0.3, -0.25) is 0 Å². The number of hydrogen-bond acceptors (Lipinski definition) is 4. The molecule has 8 unspecified atom stereocenters. The molecule has 0 amide bonds. The highest BCUT2D eigenvalue weighted by Gasteiger charge is 2.34. The van der Waals surface area contributed by atoms with Gasteiger partial charge in [-0.2, -0.15) is 0 Å². The molecule has 4 aliphatic heterocycles. The van der Waals surface area contributed by atoms with Gasteiger partial charge < -0.3 is 18.9 Å². The molecule has 0 aromatic heterocycles. The second-order valence-corrected chi connectivity index (χ2v) is 23.7. The Balaban J connectivity index is 0.000000290. The Kier molecular flexibility index (Phi) is 17.5. The lowest BCUT2D eigenvalue weighted by molar-refractivity contribution is -0.105. The predicted molar refractivity (Wildman–Crippen MR) is 232 cm³/mol. The van der Waals surface area contributed by atoms with Crippen molar-refractivity contribution in [1.82, 2.24) is 0 Å². The topological polar surface area (TPSA) is 36.9 Å². The molecule has 0 bridgehead atoms. The SMILES string of the molecule is CC(C)(C)CC1CCCC(CC2CCCC(/C=C/C(C)(C)C(C)(C)C)O2)O1.CC(C)(C)CC1CCCC(CC2CCCC(/C=C/C(C)(C)C(C)(C)C)O2)O1. The molecule has 4 saturated heterocycles. The summed E-state index contributed by atoms with van der Waals surface area (Å²) in [6.07, 6.45) is 31.6. The maximum Gasteiger partial charge on any atom is 0.0759 e. The zero-order chi connectivity index (χ0) is 40.6. The molecule has 0 aromatic carbocycles. The van der Waals surface area contributed by atoms with Gasteiger partial charge in [-0.15, -0.1) is 0 Å². The van der Waals surface area contributed by atoms with Crippen molar-refractivity contribution in [1.29, 1.82) is 0 Å². The summed E-state index contributed by atoms with van der Waals surface area (Å²) in [6.45, 7) is 37.1. The van der Waals surface area contributed by atoms with Gasteiger partial charge in [0.05, 0.1) is 48.8 Å². The van der Waals surface area contributed by atoms with Gasteiger partial charge in [-0.1, -0.05) is 135 Å². The number of rotatable bonds is 10. The van der Waals surface area contributed by atoms with Gasteiger partial charge in [-0.05, 0) is 135 Å². The van der Waals surface area contributed by atoms with E-state index in [2.05, 4.69) is 135 Å². The van der Waals surface area contributed by atoms with Crippen LogP contribution >= 0.6 is 0 Å². The van der Waals surface area contributed by atoms with E-state index in [1.54, 1.807) is 0 Å². The molecule has 4 rings (SSSR count). The van der Waals surface area contributed by atoms with E-state index in [1.807, 2.05) is 0 Å². The van der Waals surface area contributed by atoms with Crippen molar-refractivity contribution in [3.63, 3.8) is 0 Å². The van der Waals surface area contributed by atoms with Crippen LogP contribution in [-0.2, 0) is 18.9 Å². The van der Waals surface area contributed by atoms with E-state index < -0.39 is 0 Å². The van der Waals surface area contributed by atoms with Gasteiger partial charge in [0.15, 0.2) is 0 Å².